The van der Waals surface area contributed by atoms with Crippen LogP contribution >= 0.6 is 0 Å². The van der Waals surface area contributed by atoms with Gasteiger partial charge in [0.25, 0.3) is 0 Å². The monoisotopic (exact) mass is 380 g/mol. The summed E-state index contributed by atoms with van der Waals surface area (Å²) in [4.78, 5) is 21.4. The van der Waals surface area contributed by atoms with Gasteiger partial charge >= 0.3 is 5.97 Å². The molecule has 1 aliphatic rings. The normalized spacial score (nSPS) is 17.0. The number of benzene rings is 2. The summed E-state index contributed by atoms with van der Waals surface area (Å²) >= 11 is 0. The minimum Gasteiger partial charge on any atom is -0.493 e. The molecule has 0 spiro atoms. The maximum atomic E-state index is 12.4. The Kier molecular flexibility index (Phi) is 5.21. The average Bonchev–Trinajstić information content (AvgIpc) is 3.34. The Morgan fingerprint density at radius 2 is 1.89 bits per heavy atom. The van der Waals surface area contributed by atoms with E-state index >= 15 is 0 Å². The topological polar surface area (TPSA) is 63.8 Å². The number of hydrogen-bond donors (Lipinski definition) is 1. The van der Waals surface area contributed by atoms with Crippen molar-refractivity contribution in [3.63, 3.8) is 0 Å². The van der Waals surface area contributed by atoms with Gasteiger partial charge in [-0.1, -0.05) is 18.2 Å². The SMILES string of the molecule is COc1cc2[nH]cc(C[C@H]3CCCN3OC(=O)c3ccccc3)c2cc1OC. The minimum absolute atomic E-state index is 0.153. The average molecular weight is 380 g/mol. The molecule has 0 unspecified atom stereocenters. The van der Waals surface area contributed by atoms with Crippen LogP contribution in [-0.4, -0.2) is 42.8 Å². The molecule has 0 aliphatic carbocycles. The summed E-state index contributed by atoms with van der Waals surface area (Å²) in [5.74, 6) is 1.09. The highest BCUT2D eigenvalue weighted by Gasteiger charge is 2.29. The van der Waals surface area contributed by atoms with Crippen LogP contribution in [0.2, 0.25) is 0 Å². The van der Waals surface area contributed by atoms with E-state index in [-0.39, 0.29) is 12.0 Å². The molecule has 1 fully saturated rings. The Bertz CT molecular complexity index is 967. The summed E-state index contributed by atoms with van der Waals surface area (Å²) in [6.07, 6.45) is 4.80. The molecule has 0 bridgehead atoms. The zero-order chi connectivity index (χ0) is 19.5. The van der Waals surface area contributed by atoms with Gasteiger partial charge in [0.2, 0.25) is 0 Å². The van der Waals surface area contributed by atoms with Crippen molar-refractivity contribution in [2.24, 2.45) is 0 Å². The minimum atomic E-state index is -0.308. The van der Waals surface area contributed by atoms with Crippen molar-refractivity contribution in [3.8, 4) is 11.5 Å². The summed E-state index contributed by atoms with van der Waals surface area (Å²) in [6.45, 7) is 0.753. The lowest BCUT2D eigenvalue weighted by Crippen LogP contribution is -2.33. The molecule has 0 radical (unpaired) electrons. The molecule has 3 aromatic rings. The smallest absolute Gasteiger partial charge is 0.357 e. The predicted molar refractivity (Wildman–Crippen MR) is 107 cm³/mol. The van der Waals surface area contributed by atoms with Gasteiger partial charge in [-0.3, -0.25) is 0 Å². The highest BCUT2D eigenvalue weighted by atomic mass is 16.7. The molecule has 146 valence electrons. The maximum absolute atomic E-state index is 12.4. The summed E-state index contributed by atoms with van der Waals surface area (Å²) < 4.78 is 10.8. The van der Waals surface area contributed by atoms with E-state index in [4.69, 9.17) is 14.3 Å². The molecule has 2 aromatic carbocycles. The van der Waals surface area contributed by atoms with Gasteiger partial charge in [0.05, 0.1) is 25.8 Å². The van der Waals surface area contributed by atoms with Crippen LogP contribution in [0.5, 0.6) is 11.5 Å². The quantitative estimate of drug-likeness (QED) is 0.701. The van der Waals surface area contributed by atoms with E-state index < -0.39 is 0 Å². The Morgan fingerprint density at radius 3 is 2.64 bits per heavy atom. The molecule has 1 aliphatic heterocycles. The van der Waals surface area contributed by atoms with Crippen molar-refractivity contribution in [2.45, 2.75) is 25.3 Å². The van der Waals surface area contributed by atoms with Crippen molar-refractivity contribution in [1.82, 2.24) is 10.0 Å². The summed E-state index contributed by atoms with van der Waals surface area (Å²) in [5, 5.41) is 2.92. The first kappa shape index (κ1) is 18.4. The van der Waals surface area contributed by atoms with Crippen LogP contribution in [0.25, 0.3) is 10.9 Å². The third-order valence-electron chi connectivity index (χ3n) is 5.26. The maximum Gasteiger partial charge on any atom is 0.357 e. The second-order valence-corrected chi connectivity index (χ2v) is 6.95. The van der Waals surface area contributed by atoms with Crippen LogP contribution in [0.3, 0.4) is 0 Å². The Labute approximate surface area is 164 Å². The molecular weight excluding hydrogens is 356 g/mol. The fraction of sp³-hybridized carbons (Fsp3) is 0.318. The van der Waals surface area contributed by atoms with Gasteiger partial charge in [-0.25, -0.2) is 4.79 Å². The molecule has 6 nitrogen and oxygen atoms in total. The largest absolute Gasteiger partial charge is 0.493 e. The van der Waals surface area contributed by atoms with Gasteiger partial charge in [0.15, 0.2) is 11.5 Å². The van der Waals surface area contributed by atoms with Crippen LogP contribution < -0.4 is 9.47 Å². The highest BCUT2D eigenvalue weighted by Crippen LogP contribution is 2.34. The molecule has 0 saturated carbocycles. The van der Waals surface area contributed by atoms with Crippen molar-refractivity contribution < 1.29 is 19.1 Å². The number of aromatic nitrogens is 1. The molecule has 0 amide bonds. The zero-order valence-electron chi connectivity index (χ0n) is 16.1. The number of nitrogens with zero attached hydrogens (tertiary/aromatic N) is 1. The number of methoxy groups -OCH3 is 2. The second-order valence-electron chi connectivity index (χ2n) is 6.95. The first-order chi connectivity index (χ1) is 13.7. The molecule has 6 heteroatoms. The molecule has 1 saturated heterocycles. The van der Waals surface area contributed by atoms with Crippen LogP contribution in [0.1, 0.15) is 28.8 Å². The van der Waals surface area contributed by atoms with E-state index in [0.717, 1.165) is 36.7 Å². The van der Waals surface area contributed by atoms with E-state index in [1.54, 1.807) is 26.4 Å². The second kappa shape index (κ2) is 7.94. The Balaban J connectivity index is 1.52. The molecular formula is C22H24N2O4. The summed E-state index contributed by atoms with van der Waals surface area (Å²) in [6, 6.07) is 13.2. The van der Waals surface area contributed by atoms with Crippen molar-refractivity contribution in [2.75, 3.05) is 20.8 Å². The fourth-order valence-corrected chi connectivity index (χ4v) is 3.80. The lowest BCUT2D eigenvalue weighted by atomic mass is 10.0. The number of ether oxygens (including phenoxy) is 2. The number of H-pyrrole nitrogens is 1. The van der Waals surface area contributed by atoms with Crippen LogP contribution in [0.15, 0.2) is 48.7 Å². The third kappa shape index (κ3) is 3.55. The van der Waals surface area contributed by atoms with Gasteiger partial charge in [-0.2, -0.15) is 0 Å². The van der Waals surface area contributed by atoms with E-state index in [1.807, 2.05) is 41.6 Å². The lowest BCUT2D eigenvalue weighted by molar-refractivity contribution is -0.118. The van der Waals surface area contributed by atoms with E-state index in [2.05, 4.69) is 4.98 Å². The molecule has 1 N–H and O–H groups in total. The highest BCUT2D eigenvalue weighted by molar-refractivity contribution is 5.89. The first-order valence-electron chi connectivity index (χ1n) is 9.45. The van der Waals surface area contributed by atoms with Crippen molar-refractivity contribution in [3.05, 3.63) is 59.8 Å². The lowest BCUT2D eigenvalue weighted by Gasteiger charge is -2.23. The fourth-order valence-electron chi connectivity index (χ4n) is 3.80. The van der Waals surface area contributed by atoms with Gasteiger partial charge in [-0.15, -0.1) is 5.06 Å². The number of carbonyl (C=O) groups is 1. The number of rotatable bonds is 6. The number of fused-ring (bicyclic) bond motifs is 1. The number of carbonyl (C=O) groups excluding carboxylic acids is 1. The number of hydrogen-bond acceptors (Lipinski definition) is 5. The van der Waals surface area contributed by atoms with Gasteiger partial charge in [0, 0.05) is 29.7 Å². The Hall–Kier alpha value is -2.99. The number of nitrogens with one attached hydrogen (secondary N) is 1. The number of aromatic amines is 1. The standard InChI is InChI=1S/C22H24N2O4/c1-26-20-12-18-16(14-23-19(18)13-21(20)27-2)11-17-9-6-10-24(17)28-22(25)15-7-4-3-5-8-15/h3-5,7-8,12-14,17,23H,6,9-11H2,1-2H3/t17-/m1/s1. The molecule has 28 heavy (non-hydrogen) atoms. The van der Waals surface area contributed by atoms with E-state index in [1.165, 1.54) is 5.56 Å². The van der Waals surface area contributed by atoms with Crippen molar-refractivity contribution in [1.29, 1.82) is 0 Å². The van der Waals surface area contributed by atoms with Crippen LogP contribution in [-0.2, 0) is 11.3 Å². The van der Waals surface area contributed by atoms with Crippen molar-refractivity contribution >= 4 is 16.9 Å². The van der Waals surface area contributed by atoms with Crippen LogP contribution in [0, 0.1) is 0 Å². The van der Waals surface area contributed by atoms with Gasteiger partial charge in [-0.05, 0) is 43.0 Å². The molecule has 1 aromatic heterocycles. The molecule has 1 atom stereocenters. The Morgan fingerprint density at radius 1 is 1.14 bits per heavy atom. The summed E-state index contributed by atoms with van der Waals surface area (Å²) in [5.41, 5.74) is 2.74. The van der Waals surface area contributed by atoms with Gasteiger partial charge < -0.3 is 19.3 Å². The summed E-state index contributed by atoms with van der Waals surface area (Å²) in [7, 11) is 3.27. The molecule has 2 heterocycles. The first-order valence-corrected chi connectivity index (χ1v) is 9.45. The van der Waals surface area contributed by atoms with E-state index in [9.17, 15) is 4.79 Å². The predicted octanol–water partition coefficient (Wildman–Crippen LogP) is 3.96. The van der Waals surface area contributed by atoms with Crippen LogP contribution in [0.4, 0.5) is 0 Å². The third-order valence-corrected chi connectivity index (χ3v) is 5.26. The molecule has 4 rings (SSSR count). The zero-order valence-corrected chi connectivity index (χ0v) is 16.1. The number of hydroxylamine groups is 2. The van der Waals surface area contributed by atoms with Gasteiger partial charge in [0.1, 0.15) is 0 Å². The van der Waals surface area contributed by atoms with E-state index in [0.29, 0.717) is 17.1 Å².